The first-order valence-electron chi connectivity index (χ1n) is 17.4. The van der Waals surface area contributed by atoms with Crippen molar-refractivity contribution in [3.63, 3.8) is 0 Å². The fourth-order valence-corrected chi connectivity index (χ4v) is 9.62. The third kappa shape index (κ3) is 4.19. The molecule has 0 saturated heterocycles. The maximum absolute atomic E-state index is 5.56. The van der Waals surface area contributed by atoms with Gasteiger partial charge in [0.1, 0.15) is 0 Å². The van der Waals surface area contributed by atoms with Crippen LogP contribution in [0.3, 0.4) is 0 Å². The molecule has 11 rings (SSSR count). The average molecular weight is 666 g/mol. The minimum atomic E-state index is -0.183. The number of hydrogen-bond donors (Lipinski definition) is 0. The molecule has 0 N–H and O–H groups in total. The molecule has 51 heavy (non-hydrogen) atoms. The Labute approximate surface area is 299 Å². The van der Waals surface area contributed by atoms with Gasteiger partial charge in [-0.15, -0.1) is 11.3 Å². The summed E-state index contributed by atoms with van der Waals surface area (Å²) in [6.07, 6.45) is 0. The second-order valence-electron chi connectivity index (χ2n) is 13.3. The Hall–Kier alpha value is -6.30. The molecule has 0 aliphatic carbocycles. The summed E-state index contributed by atoms with van der Waals surface area (Å²) in [6.45, 7) is -0.183. The molecule has 3 heterocycles. The number of thiophene rings is 1. The van der Waals surface area contributed by atoms with Crippen LogP contribution >= 0.6 is 11.3 Å². The fraction of sp³-hybridized carbons (Fsp3) is 0. The molecule has 0 fully saturated rings. The fourth-order valence-electron chi connectivity index (χ4n) is 8.35. The SMILES string of the molecule is c1ccc(B2c3ccc4ccccc4c3-c3c(c4sc5ccccc5c4c4ccccc34)N2c2nc(-c3ccccc3)c3ccccc3n2)cc1. The lowest BCUT2D eigenvalue weighted by Crippen LogP contribution is -2.58. The van der Waals surface area contributed by atoms with Crippen molar-refractivity contribution in [2.24, 2.45) is 0 Å². The summed E-state index contributed by atoms with van der Waals surface area (Å²) in [5.41, 5.74) is 9.06. The molecular weight excluding hydrogens is 637 g/mol. The Morgan fingerprint density at radius 2 is 1.14 bits per heavy atom. The molecule has 0 atom stereocenters. The standard InChI is InChI=1S/C46H28BN3S/c1-3-16-30(17-4-1)43-35-23-11-13-25-38(35)48-46(49-43)50-44-42(34-22-10-9-21-33(34)40-36-24-12-14-26-39(36)51-45(40)44)41-32-20-8-7-15-29(32)27-28-37(41)47(50)31-18-5-2-6-19-31/h1-28H. The van der Waals surface area contributed by atoms with Crippen molar-refractivity contribution in [2.75, 3.05) is 4.81 Å². The number of para-hydroxylation sites is 1. The van der Waals surface area contributed by atoms with Crippen LogP contribution in [0.2, 0.25) is 0 Å². The first kappa shape index (κ1) is 28.5. The molecule has 0 bridgehead atoms. The highest BCUT2D eigenvalue weighted by molar-refractivity contribution is 7.26. The molecule has 10 aromatic rings. The van der Waals surface area contributed by atoms with Crippen LogP contribution in [0, 0.1) is 0 Å². The van der Waals surface area contributed by atoms with Gasteiger partial charge in [0.05, 0.1) is 21.6 Å². The van der Waals surface area contributed by atoms with Crippen LogP contribution < -0.4 is 15.7 Å². The highest BCUT2D eigenvalue weighted by Crippen LogP contribution is 2.54. The van der Waals surface area contributed by atoms with Crippen molar-refractivity contribution in [1.82, 2.24) is 9.97 Å². The molecule has 0 unspecified atom stereocenters. The van der Waals surface area contributed by atoms with Crippen LogP contribution in [-0.4, -0.2) is 16.8 Å². The van der Waals surface area contributed by atoms with E-state index in [2.05, 4.69) is 175 Å². The zero-order valence-electron chi connectivity index (χ0n) is 27.5. The van der Waals surface area contributed by atoms with Crippen LogP contribution in [0.15, 0.2) is 170 Å². The van der Waals surface area contributed by atoms with E-state index in [4.69, 9.17) is 9.97 Å². The molecular formula is C46H28BN3S. The average Bonchev–Trinajstić information content (AvgIpc) is 3.60. The molecule has 2 aromatic heterocycles. The highest BCUT2D eigenvalue weighted by atomic mass is 32.1. The van der Waals surface area contributed by atoms with Crippen molar-refractivity contribution >= 4 is 93.4 Å². The van der Waals surface area contributed by atoms with Crippen LogP contribution in [-0.2, 0) is 0 Å². The number of nitrogens with zero attached hydrogens (tertiary/aromatic N) is 3. The summed E-state index contributed by atoms with van der Waals surface area (Å²) < 4.78 is 2.53. The third-order valence-electron chi connectivity index (χ3n) is 10.5. The van der Waals surface area contributed by atoms with E-state index in [1.165, 1.54) is 63.8 Å². The number of anilines is 2. The first-order valence-corrected chi connectivity index (χ1v) is 18.2. The number of fused-ring (bicyclic) bond motifs is 13. The third-order valence-corrected chi connectivity index (χ3v) is 11.7. The first-order chi connectivity index (χ1) is 25.3. The summed E-state index contributed by atoms with van der Waals surface area (Å²) in [5.74, 6) is 0.690. The lowest BCUT2D eigenvalue weighted by molar-refractivity contribution is 1.16. The van der Waals surface area contributed by atoms with Gasteiger partial charge in [-0.3, -0.25) is 0 Å². The zero-order chi connectivity index (χ0) is 33.5. The van der Waals surface area contributed by atoms with E-state index < -0.39 is 0 Å². The van der Waals surface area contributed by atoms with Gasteiger partial charge in [-0.25, -0.2) is 9.97 Å². The lowest BCUT2D eigenvalue weighted by atomic mass is 9.45. The van der Waals surface area contributed by atoms with Gasteiger partial charge in [-0.05, 0) is 44.7 Å². The molecule has 3 nitrogen and oxygen atoms in total. The van der Waals surface area contributed by atoms with Gasteiger partial charge in [0.25, 0.3) is 0 Å². The van der Waals surface area contributed by atoms with Gasteiger partial charge in [-0.1, -0.05) is 163 Å². The predicted molar refractivity (Wildman–Crippen MR) is 218 cm³/mol. The molecule has 1 aliphatic rings. The quantitative estimate of drug-likeness (QED) is 0.176. The zero-order valence-corrected chi connectivity index (χ0v) is 28.3. The largest absolute Gasteiger partial charge is 0.344 e. The minimum Gasteiger partial charge on any atom is -0.344 e. The summed E-state index contributed by atoms with van der Waals surface area (Å²) in [6, 6.07) is 61.1. The maximum atomic E-state index is 5.56. The predicted octanol–water partition coefficient (Wildman–Crippen LogP) is 10.9. The van der Waals surface area contributed by atoms with E-state index in [0.29, 0.717) is 5.95 Å². The Balaban J connectivity index is 1.37. The highest BCUT2D eigenvalue weighted by Gasteiger charge is 2.42. The van der Waals surface area contributed by atoms with Gasteiger partial charge < -0.3 is 4.81 Å². The van der Waals surface area contributed by atoms with Crippen molar-refractivity contribution in [3.05, 3.63) is 170 Å². The van der Waals surface area contributed by atoms with Crippen LogP contribution in [0.4, 0.5) is 11.6 Å². The van der Waals surface area contributed by atoms with Gasteiger partial charge >= 0.3 is 6.85 Å². The summed E-state index contributed by atoms with van der Waals surface area (Å²) in [5, 5.41) is 8.60. The maximum Gasteiger partial charge on any atom is 0.332 e. The van der Waals surface area contributed by atoms with Gasteiger partial charge in [0.2, 0.25) is 5.95 Å². The van der Waals surface area contributed by atoms with E-state index in [1.807, 2.05) is 11.3 Å². The summed E-state index contributed by atoms with van der Waals surface area (Å²) in [4.78, 5) is 13.5. The Morgan fingerprint density at radius 3 is 1.96 bits per heavy atom. The van der Waals surface area contributed by atoms with Gasteiger partial charge in [0, 0.05) is 32.0 Å². The van der Waals surface area contributed by atoms with Crippen LogP contribution in [0.25, 0.3) is 75.0 Å². The van der Waals surface area contributed by atoms with Crippen molar-refractivity contribution < 1.29 is 0 Å². The Kier molecular flexibility index (Phi) is 6.22. The van der Waals surface area contributed by atoms with Crippen molar-refractivity contribution in [1.29, 1.82) is 0 Å². The molecule has 236 valence electrons. The molecule has 0 spiro atoms. The second kappa shape index (κ2) is 11.1. The number of benzene rings is 8. The summed E-state index contributed by atoms with van der Waals surface area (Å²) in [7, 11) is 0. The Bertz CT molecular complexity index is 2990. The van der Waals surface area contributed by atoms with Crippen molar-refractivity contribution in [2.45, 2.75) is 0 Å². The van der Waals surface area contributed by atoms with E-state index in [-0.39, 0.29) is 6.85 Å². The second-order valence-corrected chi connectivity index (χ2v) is 14.3. The lowest BCUT2D eigenvalue weighted by Gasteiger charge is -2.39. The summed E-state index contributed by atoms with van der Waals surface area (Å²) >= 11 is 1.87. The number of hydrogen-bond acceptors (Lipinski definition) is 4. The smallest absolute Gasteiger partial charge is 0.332 e. The molecule has 0 amide bonds. The Morgan fingerprint density at radius 1 is 0.490 bits per heavy atom. The normalized spacial score (nSPS) is 12.6. The number of rotatable bonds is 3. The van der Waals surface area contributed by atoms with Gasteiger partial charge in [-0.2, -0.15) is 0 Å². The van der Waals surface area contributed by atoms with Gasteiger partial charge in [0.15, 0.2) is 0 Å². The van der Waals surface area contributed by atoms with E-state index in [0.717, 1.165) is 27.8 Å². The monoisotopic (exact) mass is 665 g/mol. The van der Waals surface area contributed by atoms with E-state index in [9.17, 15) is 0 Å². The van der Waals surface area contributed by atoms with Crippen molar-refractivity contribution in [3.8, 4) is 22.4 Å². The van der Waals surface area contributed by atoms with Crippen LogP contribution in [0.1, 0.15) is 0 Å². The molecule has 5 heteroatoms. The molecule has 1 aliphatic heterocycles. The topological polar surface area (TPSA) is 29.0 Å². The van der Waals surface area contributed by atoms with E-state index >= 15 is 0 Å². The molecule has 8 aromatic carbocycles. The minimum absolute atomic E-state index is 0.183. The molecule has 0 saturated carbocycles. The molecule has 0 radical (unpaired) electrons. The number of aromatic nitrogens is 2. The van der Waals surface area contributed by atoms with Crippen LogP contribution in [0.5, 0.6) is 0 Å². The van der Waals surface area contributed by atoms with E-state index in [1.54, 1.807) is 0 Å².